The van der Waals surface area contributed by atoms with Gasteiger partial charge >= 0.3 is 0 Å². The van der Waals surface area contributed by atoms with Gasteiger partial charge in [-0.3, -0.25) is 0 Å². The van der Waals surface area contributed by atoms with Crippen molar-refractivity contribution >= 4 is 11.0 Å². The Hall–Kier alpha value is -2.17. The topological polar surface area (TPSA) is 54.7 Å². The third kappa shape index (κ3) is 2.22. The number of fused-ring (bicyclic) bond motifs is 1. The van der Waals surface area contributed by atoms with Gasteiger partial charge in [-0.2, -0.15) is 0 Å². The fraction of sp³-hybridized carbons (Fsp3) is 0.235. The number of aryl methyl sites for hydroxylation is 1. The third-order valence-electron chi connectivity index (χ3n) is 3.93. The lowest BCUT2D eigenvalue weighted by Crippen LogP contribution is -2.73. The first-order chi connectivity index (χ1) is 10.2. The minimum absolute atomic E-state index is 0.480. The van der Waals surface area contributed by atoms with Crippen molar-refractivity contribution < 1.29 is 10.5 Å². The number of quaternary nitrogens is 1. The normalized spacial score (nSPS) is 14.2. The molecular formula is C17H20N3O+. The molecule has 1 heterocycles. The van der Waals surface area contributed by atoms with Gasteiger partial charge in [-0.1, -0.05) is 42.5 Å². The average Bonchev–Trinajstić information content (AvgIpc) is 2.86. The molecule has 0 fully saturated rings. The van der Waals surface area contributed by atoms with Gasteiger partial charge in [0.05, 0.1) is 11.0 Å². The van der Waals surface area contributed by atoms with Crippen LogP contribution in [-0.2, 0) is 17.3 Å². The maximum absolute atomic E-state index is 5.45. The van der Waals surface area contributed by atoms with Crippen LogP contribution in [0.2, 0.25) is 0 Å². The maximum Gasteiger partial charge on any atom is 0.202 e. The van der Waals surface area contributed by atoms with E-state index >= 15 is 0 Å². The molecule has 0 amide bonds. The van der Waals surface area contributed by atoms with E-state index in [1.54, 1.807) is 7.11 Å². The molecule has 3 rings (SSSR count). The molecule has 0 radical (unpaired) electrons. The molecular weight excluding hydrogens is 262 g/mol. The predicted molar refractivity (Wildman–Crippen MR) is 82.7 cm³/mol. The van der Waals surface area contributed by atoms with Crippen molar-refractivity contribution in [3.8, 4) is 0 Å². The molecule has 21 heavy (non-hydrogen) atoms. The Morgan fingerprint density at radius 2 is 1.76 bits per heavy atom. The van der Waals surface area contributed by atoms with Crippen LogP contribution in [0.4, 0.5) is 0 Å². The summed E-state index contributed by atoms with van der Waals surface area (Å²) in [6, 6.07) is 18.3. The van der Waals surface area contributed by atoms with E-state index in [1.165, 1.54) is 0 Å². The van der Waals surface area contributed by atoms with Gasteiger partial charge in [0, 0.05) is 19.7 Å². The molecule has 0 aliphatic heterocycles. The van der Waals surface area contributed by atoms with Crippen LogP contribution in [0.25, 0.3) is 11.0 Å². The summed E-state index contributed by atoms with van der Waals surface area (Å²) in [5.74, 6) is 0.914. The van der Waals surface area contributed by atoms with Crippen molar-refractivity contribution in [1.82, 2.24) is 9.55 Å². The van der Waals surface area contributed by atoms with Crippen LogP contribution >= 0.6 is 0 Å². The highest BCUT2D eigenvalue weighted by Gasteiger charge is 2.38. The third-order valence-corrected chi connectivity index (χ3v) is 3.93. The molecule has 0 aliphatic carbocycles. The molecule has 0 aliphatic rings. The van der Waals surface area contributed by atoms with Gasteiger partial charge < -0.3 is 15.0 Å². The molecule has 2 aromatic carbocycles. The van der Waals surface area contributed by atoms with Crippen LogP contribution in [-0.4, -0.2) is 23.3 Å². The summed E-state index contributed by atoms with van der Waals surface area (Å²) >= 11 is 0. The van der Waals surface area contributed by atoms with Crippen LogP contribution < -0.4 is 5.73 Å². The number of methoxy groups -OCH3 is 1. The van der Waals surface area contributed by atoms with E-state index in [0.29, 0.717) is 6.61 Å². The van der Waals surface area contributed by atoms with Crippen molar-refractivity contribution in [2.75, 3.05) is 13.7 Å². The monoisotopic (exact) mass is 282 g/mol. The number of aromatic nitrogens is 2. The summed E-state index contributed by atoms with van der Waals surface area (Å²) in [7, 11) is 3.73. The number of ether oxygens (including phenoxy) is 1. The van der Waals surface area contributed by atoms with Gasteiger partial charge in [-0.05, 0) is 12.1 Å². The standard InChI is InChI=1S/C17H19N3O/c1-20-15-11-7-6-10-14(15)19-16(20)17(18,12-21-2)13-8-4-3-5-9-13/h3-11H,12,18H2,1-2H3/p+1/t17-/m1/s1. The van der Waals surface area contributed by atoms with E-state index in [0.717, 1.165) is 22.4 Å². The molecule has 3 aromatic rings. The lowest BCUT2D eigenvalue weighted by molar-refractivity contribution is -0.480. The molecule has 1 aromatic heterocycles. The zero-order valence-electron chi connectivity index (χ0n) is 12.4. The summed E-state index contributed by atoms with van der Waals surface area (Å²) < 4.78 is 7.56. The van der Waals surface area contributed by atoms with Crippen molar-refractivity contribution in [3.05, 3.63) is 66.0 Å². The average molecular weight is 282 g/mol. The zero-order valence-corrected chi connectivity index (χ0v) is 12.4. The van der Waals surface area contributed by atoms with E-state index in [-0.39, 0.29) is 0 Å². The Bertz CT molecular complexity index is 751. The fourth-order valence-corrected chi connectivity index (χ4v) is 2.85. The second kappa shape index (κ2) is 5.31. The van der Waals surface area contributed by atoms with Gasteiger partial charge in [0.25, 0.3) is 0 Å². The Morgan fingerprint density at radius 1 is 1.10 bits per heavy atom. The number of hydrogen-bond donors (Lipinski definition) is 1. The first-order valence-electron chi connectivity index (χ1n) is 6.98. The number of hydrogen-bond acceptors (Lipinski definition) is 2. The maximum atomic E-state index is 5.45. The van der Waals surface area contributed by atoms with E-state index in [1.807, 2.05) is 43.4 Å². The van der Waals surface area contributed by atoms with Crippen LogP contribution in [0.15, 0.2) is 54.6 Å². The highest BCUT2D eigenvalue weighted by molar-refractivity contribution is 5.76. The highest BCUT2D eigenvalue weighted by Crippen LogP contribution is 2.27. The summed E-state index contributed by atoms with van der Waals surface area (Å²) in [6.45, 7) is 0.480. The van der Waals surface area contributed by atoms with Crippen LogP contribution in [0.3, 0.4) is 0 Å². The number of imidazole rings is 1. The summed E-state index contributed by atoms with van der Waals surface area (Å²) in [6.07, 6.45) is 0. The molecule has 0 bridgehead atoms. The lowest BCUT2D eigenvalue weighted by Gasteiger charge is -2.25. The molecule has 108 valence electrons. The number of nitrogens with zero attached hydrogens (tertiary/aromatic N) is 2. The summed E-state index contributed by atoms with van der Waals surface area (Å²) in [5, 5.41) is 0. The molecule has 0 spiro atoms. The SMILES string of the molecule is COC[C@@]([NH3+])(c1ccccc1)c1nc2ccccc2n1C. The first kappa shape index (κ1) is 13.8. The second-order valence-electron chi connectivity index (χ2n) is 5.36. The molecule has 0 saturated heterocycles. The highest BCUT2D eigenvalue weighted by atomic mass is 16.5. The van der Waals surface area contributed by atoms with E-state index in [9.17, 15) is 0 Å². The van der Waals surface area contributed by atoms with Crippen molar-refractivity contribution in [3.63, 3.8) is 0 Å². The number of para-hydroxylation sites is 2. The predicted octanol–water partition coefficient (Wildman–Crippen LogP) is 1.71. The van der Waals surface area contributed by atoms with Crippen molar-refractivity contribution in [2.45, 2.75) is 5.54 Å². The van der Waals surface area contributed by atoms with Crippen LogP contribution in [0.5, 0.6) is 0 Å². The van der Waals surface area contributed by atoms with Crippen LogP contribution in [0.1, 0.15) is 11.4 Å². The van der Waals surface area contributed by atoms with E-state index < -0.39 is 5.54 Å². The van der Waals surface area contributed by atoms with Gasteiger partial charge in [-0.25, -0.2) is 4.98 Å². The molecule has 1 atom stereocenters. The second-order valence-corrected chi connectivity index (χ2v) is 5.36. The quantitative estimate of drug-likeness (QED) is 0.792. The summed E-state index contributed by atoms with van der Waals surface area (Å²) in [5.41, 5.74) is 7.11. The number of rotatable bonds is 4. The molecule has 4 nitrogen and oxygen atoms in total. The summed E-state index contributed by atoms with van der Waals surface area (Å²) in [4.78, 5) is 4.80. The Kier molecular flexibility index (Phi) is 3.49. The number of benzene rings is 2. The van der Waals surface area contributed by atoms with Gasteiger partial charge in [0.2, 0.25) is 5.54 Å². The largest absolute Gasteiger partial charge is 0.377 e. The van der Waals surface area contributed by atoms with E-state index in [2.05, 4.69) is 28.5 Å². The Balaban J connectivity index is 2.22. The molecule has 3 N–H and O–H groups in total. The van der Waals surface area contributed by atoms with E-state index in [4.69, 9.17) is 9.72 Å². The minimum atomic E-state index is -0.524. The fourth-order valence-electron chi connectivity index (χ4n) is 2.85. The Labute approximate surface area is 124 Å². The lowest BCUT2D eigenvalue weighted by atomic mass is 9.91. The first-order valence-corrected chi connectivity index (χ1v) is 6.98. The smallest absolute Gasteiger partial charge is 0.202 e. The van der Waals surface area contributed by atoms with Crippen molar-refractivity contribution in [1.29, 1.82) is 0 Å². The van der Waals surface area contributed by atoms with Gasteiger partial charge in [0.1, 0.15) is 6.61 Å². The molecule has 0 unspecified atom stereocenters. The van der Waals surface area contributed by atoms with Gasteiger partial charge in [-0.15, -0.1) is 0 Å². The van der Waals surface area contributed by atoms with Crippen LogP contribution in [0, 0.1) is 0 Å². The minimum Gasteiger partial charge on any atom is -0.377 e. The van der Waals surface area contributed by atoms with Gasteiger partial charge in [0.15, 0.2) is 5.82 Å². The zero-order chi connectivity index (χ0) is 14.9. The van der Waals surface area contributed by atoms with Crippen molar-refractivity contribution in [2.24, 2.45) is 7.05 Å². The Morgan fingerprint density at radius 3 is 2.43 bits per heavy atom. The molecule has 0 saturated carbocycles. The molecule has 4 heteroatoms.